The van der Waals surface area contributed by atoms with Crippen LogP contribution in [-0.2, 0) is 0 Å². The molecule has 0 saturated heterocycles. The molecule has 2 rings (SSSR count). The molecule has 0 heterocycles. The largest absolute Gasteiger partial charge is 0.352 e. The van der Waals surface area contributed by atoms with Gasteiger partial charge < -0.3 is 5.32 Å². The van der Waals surface area contributed by atoms with Crippen molar-refractivity contribution in [3.8, 4) is 0 Å². The fraction of sp³-hybridized carbons (Fsp3) is 0.500. The molecule has 0 bridgehead atoms. The van der Waals surface area contributed by atoms with Gasteiger partial charge in [0.1, 0.15) is 0 Å². The molecule has 1 aliphatic rings. The first kappa shape index (κ1) is 13.9. The number of carbonyl (C=O) groups excluding carboxylic acids is 1. The lowest BCUT2D eigenvalue weighted by Crippen LogP contribution is -2.25. The maximum atomic E-state index is 11.9. The van der Waals surface area contributed by atoms with Gasteiger partial charge in [-0.1, -0.05) is 53.2 Å². The number of amides is 1. The smallest absolute Gasteiger partial charge is 0.251 e. The number of hydrogen-bond donors (Lipinski definition) is 1. The van der Waals surface area contributed by atoms with Gasteiger partial charge in [0.15, 0.2) is 0 Å². The first-order chi connectivity index (χ1) is 8.65. The van der Waals surface area contributed by atoms with Gasteiger partial charge in [-0.15, -0.1) is 0 Å². The molecule has 1 aromatic carbocycles. The summed E-state index contributed by atoms with van der Waals surface area (Å²) in [5.74, 6) is 0.757. The minimum atomic E-state index is -0.0452. The van der Waals surface area contributed by atoms with Crippen LogP contribution in [0, 0.1) is 5.92 Å². The summed E-state index contributed by atoms with van der Waals surface area (Å²) in [6.07, 6.45) is 6.42. The fourth-order valence-electron chi connectivity index (χ4n) is 2.48. The maximum Gasteiger partial charge on any atom is 0.251 e. The SMILES string of the molecule is O=C(NCCC1CCCC1)c1cc(Cl)cc(Br)c1. The minimum absolute atomic E-state index is 0.0452. The zero-order valence-electron chi connectivity index (χ0n) is 10.2. The van der Waals surface area contributed by atoms with Crippen molar-refractivity contribution in [2.45, 2.75) is 32.1 Å². The molecule has 0 unspecified atom stereocenters. The van der Waals surface area contributed by atoms with Crippen LogP contribution in [0.5, 0.6) is 0 Å². The summed E-state index contributed by atoms with van der Waals surface area (Å²) >= 11 is 9.26. The first-order valence-corrected chi connectivity index (χ1v) is 7.56. The molecule has 2 nitrogen and oxygen atoms in total. The van der Waals surface area contributed by atoms with Crippen LogP contribution in [0.3, 0.4) is 0 Å². The monoisotopic (exact) mass is 329 g/mol. The van der Waals surface area contributed by atoms with Crippen molar-refractivity contribution < 1.29 is 4.79 Å². The Hall–Kier alpha value is -0.540. The number of halogens is 2. The van der Waals surface area contributed by atoms with Gasteiger partial charge in [-0.2, -0.15) is 0 Å². The lowest BCUT2D eigenvalue weighted by molar-refractivity contribution is 0.0951. The van der Waals surface area contributed by atoms with E-state index in [-0.39, 0.29) is 5.91 Å². The number of hydrogen-bond acceptors (Lipinski definition) is 1. The average Bonchev–Trinajstić information content (AvgIpc) is 2.80. The third kappa shape index (κ3) is 3.99. The minimum Gasteiger partial charge on any atom is -0.352 e. The van der Waals surface area contributed by atoms with Crippen LogP contribution in [0.1, 0.15) is 42.5 Å². The molecule has 0 aromatic heterocycles. The highest BCUT2D eigenvalue weighted by molar-refractivity contribution is 9.10. The maximum absolute atomic E-state index is 11.9. The number of carbonyl (C=O) groups is 1. The van der Waals surface area contributed by atoms with Crippen LogP contribution in [0.2, 0.25) is 5.02 Å². The van der Waals surface area contributed by atoms with E-state index in [0.29, 0.717) is 10.6 Å². The molecule has 1 amide bonds. The lowest BCUT2D eigenvalue weighted by atomic mass is 10.0. The highest BCUT2D eigenvalue weighted by Crippen LogP contribution is 2.27. The van der Waals surface area contributed by atoms with Gasteiger partial charge in [-0.3, -0.25) is 4.79 Å². The van der Waals surface area contributed by atoms with Gasteiger partial charge in [-0.05, 0) is 30.5 Å². The Morgan fingerprint density at radius 1 is 1.33 bits per heavy atom. The molecule has 1 fully saturated rings. The van der Waals surface area contributed by atoms with Gasteiger partial charge in [-0.25, -0.2) is 0 Å². The van der Waals surface area contributed by atoms with Gasteiger partial charge in [0.25, 0.3) is 5.91 Å². The third-order valence-electron chi connectivity index (χ3n) is 3.44. The highest BCUT2D eigenvalue weighted by atomic mass is 79.9. The molecule has 4 heteroatoms. The van der Waals surface area contributed by atoms with Crippen LogP contribution in [0.4, 0.5) is 0 Å². The zero-order valence-corrected chi connectivity index (χ0v) is 12.6. The quantitative estimate of drug-likeness (QED) is 0.870. The third-order valence-corrected chi connectivity index (χ3v) is 4.11. The summed E-state index contributed by atoms with van der Waals surface area (Å²) in [7, 11) is 0. The second-order valence-corrected chi connectivity index (χ2v) is 6.21. The van der Waals surface area contributed by atoms with Crippen molar-refractivity contribution in [3.63, 3.8) is 0 Å². The summed E-state index contributed by atoms with van der Waals surface area (Å²) in [5, 5.41) is 3.54. The molecule has 0 atom stereocenters. The van der Waals surface area contributed by atoms with Crippen LogP contribution in [0.25, 0.3) is 0 Å². The van der Waals surface area contributed by atoms with Gasteiger partial charge in [0.05, 0.1) is 0 Å². The van der Waals surface area contributed by atoms with Crippen molar-refractivity contribution in [1.82, 2.24) is 5.32 Å². The first-order valence-electron chi connectivity index (χ1n) is 6.39. The van der Waals surface area contributed by atoms with E-state index in [4.69, 9.17) is 11.6 Å². The Balaban J connectivity index is 1.83. The van der Waals surface area contributed by atoms with E-state index in [0.717, 1.165) is 23.4 Å². The summed E-state index contributed by atoms with van der Waals surface area (Å²) in [4.78, 5) is 11.9. The van der Waals surface area contributed by atoms with Crippen molar-refractivity contribution >= 4 is 33.4 Å². The number of benzene rings is 1. The molecule has 18 heavy (non-hydrogen) atoms. The van der Waals surface area contributed by atoms with Crippen molar-refractivity contribution in [1.29, 1.82) is 0 Å². The molecular formula is C14H17BrClNO. The van der Waals surface area contributed by atoms with E-state index < -0.39 is 0 Å². The lowest BCUT2D eigenvalue weighted by Gasteiger charge is -2.10. The zero-order chi connectivity index (χ0) is 13.0. The normalized spacial score (nSPS) is 15.9. The Morgan fingerprint density at radius 3 is 2.72 bits per heavy atom. The predicted octanol–water partition coefficient (Wildman–Crippen LogP) is 4.41. The number of nitrogens with one attached hydrogen (secondary N) is 1. The molecule has 0 spiro atoms. The van der Waals surface area contributed by atoms with E-state index in [1.54, 1.807) is 18.2 Å². The van der Waals surface area contributed by atoms with Gasteiger partial charge >= 0.3 is 0 Å². The fourth-order valence-corrected chi connectivity index (χ4v) is 3.34. The van der Waals surface area contributed by atoms with E-state index in [1.165, 1.54) is 25.7 Å². The Kier molecular flexibility index (Phi) is 5.07. The molecule has 1 saturated carbocycles. The molecular weight excluding hydrogens is 314 g/mol. The highest BCUT2D eigenvalue weighted by Gasteiger charge is 2.15. The van der Waals surface area contributed by atoms with Crippen LogP contribution in [0.15, 0.2) is 22.7 Å². The topological polar surface area (TPSA) is 29.1 Å². The Bertz CT molecular complexity index is 410. The summed E-state index contributed by atoms with van der Waals surface area (Å²) in [6.45, 7) is 0.758. The molecule has 0 aliphatic heterocycles. The van der Waals surface area contributed by atoms with Crippen molar-refractivity contribution in [3.05, 3.63) is 33.3 Å². The van der Waals surface area contributed by atoms with E-state index in [1.807, 2.05) is 0 Å². The van der Waals surface area contributed by atoms with E-state index in [9.17, 15) is 4.79 Å². The summed E-state index contributed by atoms with van der Waals surface area (Å²) in [5.41, 5.74) is 0.612. The van der Waals surface area contributed by atoms with E-state index in [2.05, 4.69) is 21.2 Å². The van der Waals surface area contributed by atoms with Gasteiger partial charge in [0, 0.05) is 21.6 Å². The molecule has 1 aliphatic carbocycles. The molecule has 98 valence electrons. The molecule has 0 radical (unpaired) electrons. The Labute approximate surface area is 121 Å². The summed E-state index contributed by atoms with van der Waals surface area (Å²) in [6, 6.07) is 5.25. The van der Waals surface area contributed by atoms with Crippen LogP contribution < -0.4 is 5.32 Å². The van der Waals surface area contributed by atoms with E-state index >= 15 is 0 Å². The Morgan fingerprint density at radius 2 is 2.06 bits per heavy atom. The molecule has 1 N–H and O–H groups in total. The summed E-state index contributed by atoms with van der Waals surface area (Å²) < 4.78 is 0.830. The average molecular weight is 331 g/mol. The van der Waals surface area contributed by atoms with Crippen molar-refractivity contribution in [2.24, 2.45) is 5.92 Å². The standard InChI is InChI=1S/C14H17BrClNO/c15-12-7-11(8-13(16)9-12)14(18)17-6-5-10-3-1-2-4-10/h7-10H,1-6H2,(H,17,18). The molecule has 1 aromatic rings. The van der Waals surface area contributed by atoms with Crippen molar-refractivity contribution in [2.75, 3.05) is 6.54 Å². The second kappa shape index (κ2) is 6.58. The second-order valence-electron chi connectivity index (χ2n) is 4.85. The van der Waals surface area contributed by atoms with Gasteiger partial charge in [0.2, 0.25) is 0 Å². The number of rotatable bonds is 4. The predicted molar refractivity (Wildman–Crippen MR) is 78.1 cm³/mol. The van der Waals surface area contributed by atoms with Crippen LogP contribution >= 0.6 is 27.5 Å². The van der Waals surface area contributed by atoms with Crippen LogP contribution in [-0.4, -0.2) is 12.5 Å².